The number of aromatic nitrogens is 1. The molecule has 1 N–H and O–H groups in total. The second-order valence-corrected chi connectivity index (χ2v) is 3.29. The first-order valence-electron chi connectivity index (χ1n) is 4.44. The third-order valence-corrected chi connectivity index (χ3v) is 2.13. The fourth-order valence-electron chi connectivity index (χ4n) is 1.19. The summed E-state index contributed by atoms with van der Waals surface area (Å²) in [4.78, 5) is 24.4. The van der Waals surface area contributed by atoms with Crippen molar-refractivity contribution < 1.29 is 27.4 Å². The number of rotatable bonds is 3. The molecule has 0 aliphatic heterocycles. The van der Waals surface area contributed by atoms with Gasteiger partial charge >= 0.3 is 12.3 Å². The summed E-state index contributed by atoms with van der Waals surface area (Å²) in [5.74, 6) is -2.32. The number of nitrogens with one attached hydrogen (secondary N) is 1. The van der Waals surface area contributed by atoms with E-state index in [1.54, 1.807) is 0 Å². The molecule has 0 aromatic carbocycles. The molecule has 9 heteroatoms. The Balaban J connectivity index is 3.38. The van der Waals surface area contributed by atoms with Crippen molar-refractivity contribution in [3.8, 4) is 5.75 Å². The molecular weight excluding hydrogens is 279 g/mol. The van der Waals surface area contributed by atoms with E-state index in [0.717, 1.165) is 7.11 Å². The van der Waals surface area contributed by atoms with Crippen molar-refractivity contribution in [3.05, 3.63) is 27.7 Å². The summed E-state index contributed by atoms with van der Waals surface area (Å²) in [7, 11) is 1.01. The number of pyridine rings is 1. The SMILES string of the molecule is COC(=O)c1[nH]c(=O)cc(OC(F)(F)F)c1CCl. The number of hydrogen-bond donors (Lipinski definition) is 1. The van der Waals surface area contributed by atoms with Crippen LogP contribution < -0.4 is 10.3 Å². The first-order valence-corrected chi connectivity index (χ1v) is 4.98. The van der Waals surface area contributed by atoms with E-state index in [2.05, 4.69) is 9.47 Å². The lowest BCUT2D eigenvalue weighted by molar-refractivity contribution is -0.274. The maximum Gasteiger partial charge on any atom is 0.573 e. The Labute approximate surface area is 103 Å². The molecule has 0 spiro atoms. The average Bonchev–Trinajstić information content (AvgIpc) is 2.25. The molecule has 5 nitrogen and oxygen atoms in total. The number of halogens is 4. The van der Waals surface area contributed by atoms with Gasteiger partial charge in [0.1, 0.15) is 11.4 Å². The molecule has 0 aliphatic rings. The van der Waals surface area contributed by atoms with Crippen LogP contribution in [0.25, 0.3) is 0 Å². The number of methoxy groups -OCH3 is 1. The third-order valence-electron chi connectivity index (χ3n) is 1.86. The van der Waals surface area contributed by atoms with Gasteiger partial charge < -0.3 is 14.5 Å². The molecule has 0 saturated heterocycles. The smallest absolute Gasteiger partial charge is 0.464 e. The minimum Gasteiger partial charge on any atom is -0.464 e. The van der Waals surface area contributed by atoms with E-state index in [9.17, 15) is 22.8 Å². The fraction of sp³-hybridized carbons (Fsp3) is 0.333. The van der Waals surface area contributed by atoms with Gasteiger partial charge in [0.05, 0.1) is 13.0 Å². The zero-order chi connectivity index (χ0) is 13.9. The van der Waals surface area contributed by atoms with Gasteiger partial charge in [0, 0.05) is 11.6 Å². The normalized spacial score (nSPS) is 11.2. The summed E-state index contributed by atoms with van der Waals surface area (Å²) in [6.45, 7) is 0. The van der Waals surface area contributed by atoms with Gasteiger partial charge in [0.15, 0.2) is 0 Å². The summed E-state index contributed by atoms with van der Waals surface area (Å²) in [6, 6.07) is 0.553. The van der Waals surface area contributed by atoms with Crippen LogP contribution in [-0.2, 0) is 10.6 Å². The molecule has 0 fully saturated rings. The standard InChI is InChI=1S/C9H7ClF3NO4/c1-17-8(16)7-4(3-10)5(2-6(15)14-7)18-9(11,12)13/h2H,3H2,1H3,(H,14,15). The number of H-pyrrole nitrogens is 1. The van der Waals surface area contributed by atoms with Crippen LogP contribution in [0.3, 0.4) is 0 Å². The number of esters is 1. The molecule has 0 bridgehead atoms. The minimum atomic E-state index is -5.00. The molecule has 1 rings (SSSR count). The van der Waals surface area contributed by atoms with Gasteiger partial charge in [-0.2, -0.15) is 0 Å². The van der Waals surface area contributed by atoms with Crippen molar-refractivity contribution in [2.75, 3.05) is 7.11 Å². The van der Waals surface area contributed by atoms with Gasteiger partial charge in [0.2, 0.25) is 0 Å². The van der Waals surface area contributed by atoms with Crippen LogP contribution in [0.1, 0.15) is 16.1 Å². The summed E-state index contributed by atoms with van der Waals surface area (Å²) < 4.78 is 44.3. The van der Waals surface area contributed by atoms with Gasteiger partial charge in [-0.3, -0.25) is 4.79 Å². The van der Waals surface area contributed by atoms with E-state index in [4.69, 9.17) is 11.6 Å². The predicted octanol–water partition coefficient (Wildman–Crippen LogP) is 1.80. The van der Waals surface area contributed by atoms with Gasteiger partial charge in [-0.1, -0.05) is 0 Å². The summed E-state index contributed by atoms with van der Waals surface area (Å²) in [5.41, 5.74) is -1.72. The van der Waals surface area contributed by atoms with Crippen molar-refractivity contribution in [2.45, 2.75) is 12.2 Å². The summed E-state index contributed by atoms with van der Waals surface area (Å²) in [5, 5.41) is 0. The maximum atomic E-state index is 12.1. The van der Waals surface area contributed by atoms with Crippen molar-refractivity contribution in [1.29, 1.82) is 0 Å². The molecule has 18 heavy (non-hydrogen) atoms. The monoisotopic (exact) mass is 285 g/mol. The lowest BCUT2D eigenvalue weighted by atomic mass is 10.2. The number of hydrogen-bond acceptors (Lipinski definition) is 4. The highest BCUT2D eigenvalue weighted by Gasteiger charge is 2.33. The molecular formula is C9H7ClF3NO4. The first kappa shape index (κ1) is 14.4. The van der Waals surface area contributed by atoms with Crippen LogP contribution in [0, 0.1) is 0 Å². The molecule has 1 aromatic heterocycles. The van der Waals surface area contributed by atoms with Gasteiger partial charge in [-0.15, -0.1) is 24.8 Å². The Hall–Kier alpha value is -1.70. The zero-order valence-electron chi connectivity index (χ0n) is 8.93. The predicted molar refractivity (Wildman–Crippen MR) is 54.6 cm³/mol. The second kappa shape index (κ2) is 5.30. The van der Waals surface area contributed by atoms with Crippen molar-refractivity contribution in [1.82, 2.24) is 4.98 Å². The quantitative estimate of drug-likeness (QED) is 0.679. The minimum absolute atomic E-state index is 0.305. The second-order valence-electron chi connectivity index (χ2n) is 3.02. The van der Waals surface area contributed by atoms with Gasteiger partial charge in [-0.25, -0.2) is 4.79 Å². The number of aromatic amines is 1. The van der Waals surface area contributed by atoms with E-state index in [1.165, 1.54) is 0 Å². The Bertz CT molecular complexity index is 512. The molecule has 0 radical (unpaired) electrons. The lowest BCUT2D eigenvalue weighted by Gasteiger charge is -2.13. The highest BCUT2D eigenvalue weighted by atomic mass is 35.5. The van der Waals surface area contributed by atoms with Crippen molar-refractivity contribution >= 4 is 17.6 Å². The topological polar surface area (TPSA) is 68.4 Å². The van der Waals surface area contributed by atoms with Crippen molar-refractivity contribution in [3.63, 3.8) is 0 Å². The van der Waals surface area contributed by atoms with E-state index in [0.29, 0.717) is 6.07 Å². The van der Waals surface area contributed by atoms with Gasteiger partial charge in [0.25, 0.3) is 5.56 Å². The number of carbonyl (C=O) groups excluding carboxylic acids is 1. The molecule has 0 aliphatic carbocycles. The average molecular weight is 286 g/mol. The number of alkyl halides is 4. The van der Waals surface area contributed by atoms with E-state index in [1.807, 2.05) is 4.98 Å². The summed E-state index contributed by atoms with van der Waals surface area (Å²) in [6.07, 6.45) is -5.00. The fourth-order valence-corrected chi connectivity index (χ4v) is 1.45. The molecule has 0 atom stereocenters. The Morgan fingerprint density at radius 1 is 1.50 bits per heavy atom. The highest BCUT2D eigenvalue weighted by molar-refractivity contribution is 6.17. The van der Waals surface area contributed by atoms with Crippen LogP contribution in [0.15, 0.2) is 10.9 Å². The van der Waals surface area contributed by atoms with Crippen LogP contribution in [-0.4, -0.2) is 24.4 Å². The molecule has 1 heterocycles. The lowest BCUT2D eigenvalue weighted by Crippen LogP contribution is -2.23. The van der Waals surface area contributed by atoms with Gasteiger partial charge in [-0.05, 0) is 0 Å². The van der Waals surface area contributed by atoms with Crippen LogP contribution >= 0.6 is 11.6 Å². The van der Waals surface area contributed by atoms with Crippen molar-refractivity contribution in [2.24, 2.45) is 0 Å². The van der Waals surface area contributed by atoms with Crippen LogP contribution in [0.5, 0.6) is 5.75 Å². The van der Waals surface area contributed by atoms with Crippen LogP contribution in [0.4, 0.5) is 13.2 Å². The zero-order valence-corrected chi connectivity index (χ0v) is 9.69. The Kier molecular flexibility index (Phi) is 4.23. The molecule has 0 unspecified atom stereocenters. The molecule has 100 valence electrons. The largest absolute Gasteiger partial charge is 0.573 e. The Morgan fingerprint density at radius 2 is 2.11 bits per heavy atom. The highest BCUT2D eigenvalue weighted by Crippen LogP contribution is 2.27. The molecule has 0 amide bonds. The van der Waals surface area contributed by atoms with E-state index < -0.39 is 35.2 Å². The first-order chi connectivity index (χ1) is 8.28. The third kappa shape index (κ3) is 3.39. The maximum absolute atomic E-state index is 12.1. The van der Waals surface area contributed by atoms with E-state index in [-0.39, 0.29) is 5.56 Å². The number of carbonyl (C=O) groups is 1. The molecule has 1 aromatic rings. The summed E-state index contributed by atoms with van der Waals surface area (Å²) >= 11 is 5.44. The van der Waals surface area contributed by atoms with E-state index >= 15 is 0 Å². The Morgan fingerprint density at radius 3 is 2.56 bits per heavy atom. The number of ether oxygens (including phenoxy) is 2. The van der Waals surface area contributed by atoms with Crippen LogP contribution in [0.2, 0.25) is 0 Å². The molecule has 0 saturated carbocycles.